The van der Waals surface area contributed by atoms with Gasteiger partial charge < -0.3 is 10.4 Å². The van der Waals surface area contributed by atoms with Gasteiger partial charge in [-0.2, -0.15) is 0 Å². The molecule has 3 nitrogen and oxygen atoms in total. The molecule has 1 unspecified atom stereocenters. The van der Waals surface area contributed by atoms with Crippen LogP contribution in [0.25, 0.3) is 0 Å². The summed E-state index contributed by atoms with van der Waals surface area (Å²) in [4.78, 5) is 10.1. The minimum absolute atomic E-state index is 0.201. The summed E-state index contributed by atoms with van der Waals surface area (Å²) < 4.78 is 0. The molecule has 0 aromatic rings. The van der Waals surface area contributed by atoms with Crippen molar-refractivity contribution in [1.29, 1.82) is 0 Å². The first kappa shape index (κ1) is 6.89. The zero-order valence-electron chi connectivity index (χ0n) is 4.96. The molecule has 0 aliphatic carbocycles. The average molecular weight is 147 g/mol. The molecule has 0 aromatic heterocycles. The summed E-state index contributed by atoms with van der Waals surface area (Å²) >= 11 is 1.75. The SMILES string of the molecule is O=C(O)CC1CSCN1. The Labute approximate surface area is 57.8 Å². The van der Waals surface area contributed by atoms with Crippen LogP contribution in [0.1, 0.15) is 6.42 Å². The molecule has 2 N–H and O–H groups in total. The Hall–Kier alpha value is -0.220. The maximum absolute atomic E-state index is 10.1. The second-order valence-corrected chi connectivity index (χ2v) is 3.04. The maximum atomic E-state index is 10.1. The van der Waals surface area contributed by atoms with Gasteiger partial charge in [-0.15, -0.1) is 11.8 Å². The van der Waals surface area contributed by atoms with Crippen molar-refractivity contribution in [2.24, 2.45) is 0 Å². The number of hydrogen-bond acceptors (Lipinski definition) is 3. The minimum atomic E-state index is -0.713. The molecule has 1 heterocycles. The van der Waals surface area contributed by atoms with Crippen LogP contribution in [-0.2, 0) is 4.79 Å². The van der Waals surface area contributed by atoms with E-state index in [1.807, 2.05) is 0 Å². The fourth-order valence-electron chi connectivity index (χ4n) is 0.779. The Morgan fingerprint density at radius 2 is 2.67 bits per heavy atom. The van der Waals surface area contributed by atoms with Crippen molar-refractivity contribution < 1.29 is 9.90 Å². The second-order valence-electron chi connectivity index (χ2n) is 2.01. The highest BCUT2D eigenvalue weighted by atomic mass is 32.2. The number of hydrogen-bond donors (Lipinski definition) is 2. The second kappa shape index (κ2) is 3.08. The molecule has 1 aliphatic heterocycles. The molecule has 0 bridgehead atoms. The third-order valence-corrected chi connectivity index (χ3v) is 2.22. The van der Waals surface area contributed by atoms with Gasteiger partial charge in [0.15, 0.2) is 0 Å². The van der Waals surface area contributed by atoms with Gasteiger partial charge in [-0.05, 0) is 0 Å². The van der Waals surface area contributed by atoms with Crippen molar-refractivity contribution in [2.75, 3.05) is 11.6 Å². The zero-order chi connectivity index (χ0) is 6.69. The summed E-state index contributed by atoms with van der Waals surface area (Å²) in [7, 11) is 0. The molecule has 0 spiro atoms. The lowest BCUT2D eigenvalue weighted by molar-refractivity contribution is -0.137. The third kappa shape index (κ3) is 2.24. The normalized spacial score (nSPS) is 26.4. The molecule has 4 heteroatoms. The van der Waals surface area contributed by atoms with Gasteiger partial charge in [-0.3, -0.25) is 4.79 Å². The van der Waals surface area contributed by atoms with E-state index in [-0.39, 0.29) is 12.5 Å². The van der Waals surface area contributed by atoms with Crippen molar-refractivity contribution >= 4 is 17.7 Å². The molecular weight excluding hydrogens is 138 g/mol. The first-order valence-corrected chi connectivity index (χ1v) is 3.97. The summed E-state index contributed by atoms with van der Waals surface area (Å²) in [6, 6.07) is 0.201. The lowest BCUT2D eigenvalue weighted by Gasteiger charge is -2.02. The summed E-state index contributed by atoms with van der Waals surface area (Å²) in [5, 5.41) is 11.4. The largest absolute Gasteiger partial charge is 0.481 e. The van der Waals surface area contributed by atoms with Gasteiger partial charge >= 0.3 is 5.97 Å². The van der Waals surface area contributed by atoms with Crippen molar-refractivity contribution in [3.63, 3.8) is 0 Å². The highest BCUT2D eigenvalue weighted by molar-refractivity contribution is 7.99. The van der Waals surface area contributed by atoms with Crippen LogP contribution in [0.15, 0.2) is 0 Å². The molecule has 1 rings (SSSR count). The fraction of sp³-hybridized carbons (Fsp3) is 0.800. The third-order valence-electron chi connectivity index (χ3n) is 1.21. The summed E-state index contributed by atoms with van der Waals surface area (Å²) in [5.41, 5.74) is 0. The predicted octanol–water partition coefficient (Wildman–Crippen LogP) is 0.124. The van der Waals surface area contributed by atoms with E-state index in [1.165, 1.54) is 0 Å². The van der Waals surface area contributed by atoms with Crippen molar-refractivity contribution in [2.45, 2.75) is 12.5 Å². The topological polar surface area (TPSA) is 49.3 Å². The van der Waals surface area contributed by atoms with Crippen molar-refractivity contribution in [1.82, 2.24) is 5.32 Å². The van der Waals surface area contributed by atoms with Crippen LogP contribution < -0.4 is 5.32 Å². The highest BCUT2D eigenvalue weighted by Crippen LogP contribution is 2.11. The quantitative estimate of drug-likeness (QED) is 0.582. The van der Waals surface area contributed by atoms with Gasteiger partial charge in [0.1, 0.15) is 0 Å². The van der Waals surface area contributed by atoms with E-state index in [2.05, 4.69) is 5.32 Å². The molecule has 0 aromatic carbocycles. The number of carboxylic acid groups (broad SMARTS) is 1. The molecule has 0 amide bonds. The van der Waals surface area contributed by atoms with E-state index >= 15 is 0 Å². The molecule has 1 aliphatic rings. The van der Waals surface area contributed by atoms with Crippen molar-refractivity contribution in [3.8, 4) is 0 Å². The zero-order valence-corrected chi connectivity index (χ0v) is 5.78. The van der Waals surface area contributed by atoms with Gasteiger partial charge in [0.25, 0.3) is 0 Å². The van der Waals surface area contributed by atoms with Gasteiger partial charge in [0, 0.05) is 17.7 Å². The van der Waals surface area contributed by atoms with Crippen LogP contribution in [0.2, 0.25) is 0 Å². The molecule has 0 radical (unpaired) electrons. The average Bonchev–Trinajstić information content (AvgIpc) is 2.15. The van der Waals surface area contributed by atoms with Crippen LogP contribution in [0.4, 0.5) is 0 Å². The monoisotopic (exact) mass is 147 g/mol. The number of nitrogens with one attached hydrogen (secondary N) is 1. The van der Waals surface area contributed by atoms with Gasteiger partial charge in [0.2, 0.25) is 0 Å². The summed E-state index contributed by atoms with van der Waals surface area (Å²) in [6.45, 7) is 0. The summed E-state index contributed by atoms with van der Waals surface area (Å²) in [5.74, 6) is 1.12. The Bertz CT molecular complexity index is 112. The van der Waals surface area contributed by atoms with Gasteiger partial charge in [-0.25, -0.2) is 0 Å². The molecule has 9 heavy (non-hydrogen) atoms. The Morgan fingerprint density at radius 3 is 3.11 bits per heavy atom. The molecule has 0 saturated carbocycles. The predicted molar refractivity (Wildman–Crippen MR) is 36.5 cm³/mol. The fourth-order valence-corrected chi connectivity index (χ4v) is 1.77. The van der Waals surface area contributed by atoms with E-state index in [1.54, 1.807) is 11.8 Å². The van der Waals surface area contributed by atoms with E-state index in [0.29, 0.717) is 0 Å². The highest BCUT2D eigenvalue weighted by Gasteiger charge is 2.16. The van der Waals surface area contributed by atoms with E-state index in [9.17, 15) is 4.79 Å². The number of aliphatic carboxylic acids is 1. The summed E-state index contributed by atoms with van der Waals surface area (Å²) in [6.07, 6.45) is 0.257. The first-order chi connectivity index (χ1) is 4.29. The Balaban J connectivity index is 2.19. The number of carboxylic acids is 1. The number of rotatable bonds is 2. The molecule has 1 fully saturated rings. The molecular formula is C5H9NO2S. The maximum Gasteiger partial charge on any atom is 0.304 e. The van der Waals surface area contributed by atoms with E-state index < -0.39 is 5.97 Å². The van der Waals surface area contributed by atoms with Crippen LogP contribution in [0.5, 0.6) is 0 Å². The van der Waals surface area contributed by atoms with Gasteiger partial charge in [-0.1, -0.05) is 0 Å². The van der Waals surface area contributed by atoms with Crippen LogP contribution >= 0.6 is 11.8 Å². The van der Waals surface area contributed by atoms with Crippen molar-refractivity contribution in [3.05, 3.63) is 0 Å². The van der Waals surface area contributed by atoms with Gasteiger partial charge in [0.05, 0.1) is 6.42 Å². The standard InChI is InChI=1S/C5H9NO2S/c7-5(8)1-4-2-9-3-6-4/h4,6H,1-3H2,(H,7,8). The van der Waals surface area contributed by atoms with Crippen LogP contribution in [0.3, 0.4) is 0 Å². The lowest BCUT2D eigenvalue weighted by Crippen LogP contribution is -2.26. The van der Waals surface area contributed by atoms with Crippen LogP contribution in [0, 0.1) is 0 Å². The smallest absolute Gasteiger partial charge is 0.304 e. The number of thioether (sulfide) groups is 1. The Kier molecular flexibility index (Phi) is 2.36. The van der Waals surface area contributed by atoms with E-state index in [4.69, 9.17) is 5.11 Å². The van der Waals surface area contributed by atoms with E-state index in [0.717, 1.165) is 11.6 Å². The molecule has 52 valence electrons. The first-order valence-electron chi connectivity index (χ1n) is 2.82. The molecule has 1 atom stereocenters. The molecule has 1 saturated heterocycles. The Morgan fingerprint density at radius 1 is 1.89 bits per heavy atom. The minimum Gasteiger partial charge on any atom is -0.481 e. The number of carbonyl (C=O) groups is 1. The van der Waals surface area contributed by atoms with Crippen LogP contribution in [-0.4, -0.2) is 28.7 Å². The lowest BCUT2D eigenvalue weighted by atomic mass is 10.2.